The van der Waals surface area contributed by atoms with Gasteiger partial charge in [-0.3, -0.25) is 0 Å². The molecule has 0 unspecified atom stereocenters. The van der Waals surface area contributed by atoms with Crippen LogP contribution in [0.5, 0.6) is 0 Å². The zero-order valence-electron chi connectivity index (χ0n) is 9.40. The van der Waals surface area contributed by atoms with Crippen LogP contribution in [0, 0.1) is 13.8 Å². The predicted molar refractivity (Wildman–Crippen MR) is 58.5 cm³/mol. The molecule has 1 fully saturated rings. The van der Waals surface area contributed by atoms with E-state index >= 15 is 0 Å². The second-order valence-electron chi connectivity index (χ2n) is 4.45. The van der Waals surface area contributed by atoms with Gasteiger partial charge in [-0.2, -0.15) is 5.10 Å². The van der Waals surface area contributed by atoms with Crippen LogP contribution < -0.4 is 5.73 Å². The summed E-state index contributed by atoms with van der Waals surface area (Å²) in [5, 5.41) is 8.32. The van der Waals surface area contributed by atoms with E-state index in [1.165, 1.54) is 0 Å². The third kappa shape index (κ3) is 2.31. The largest absolute Gasteiger partial charge is 0.328 e. The van der Waals surface area contributed by atoms with Crippen molar-refractivity contribution in [3.8, 4) is 0 Å². The molecule has 0 aromatic carbocycles. The van der Waals surface area contributed by atoms with Gasteiger partial charge in [0.05, 0.1) is 11.4 Å². The van der Waals surface area contributed by atoms with Crippen LogP contribution >= 0.6 is 0 Å². The first-order valence-electron chi connectivity index (χ1n) is 5.60. The number of nitrogens with zero attached hydrogens (tertiary/aromatic N) is 3. The minimum absolute atomic E-state index is 0.376. The summed E-state index contributed by atoms with van der Waals surface area (Å²) < 4.78 is 0. The smallest absolute Gasteiger partial charge is 0.154 e. The van der Waals surface area contributed by atoms with Crippen molar-refractivity contribution < 1.29 is 0 Å². The summed E-state index contributed by atoms with van der Waals surface area (Å²) in [5.41, 5.74) is 7.79. The summed E-state index contributed by atoms with van der Waals surface area (Å²) in [6.45, 7) is 3.93. The SMILES string of the molecule is Cc1nnc(C2CCC(N)CC2)nc1C. The summed E-state index contributed by atoms with van der Waals surface area (Å²) >= 11 is 0. The zero-order chi connectivity index (χ0) is 10.8. The lowest BCUT2D eigenvalue weighted by Gasteiger charge is -2.24. The molecule has 15 heavy (non-hydrogen) atoms. The van der Waals surface area contributed by atoms with E-state index < -0.39 is 0 Å². The normalized spacial score (nSPS) is 26.6. The molecule has 1 heterocycles. The van der Waals surface area contributed by atoms with Crippen LogP contribution in [0.15, 0.2) is 0 Å². The molecule has 0 atom stereocenters. The average molecular weight is 206 g/mol. The fraction of sp³-hybridized carbons (Fsp3) is 0.727. The number of hydrogen-bond acceptors (Lipinski definition) is 4. The van der Waals surface area contributed by atoms with Crippen LogP contribution in [0.4, 0.5) is 0 Å². The highest BCUT2D eigenvalue weighted by Crippen LogP contribution is 2.29. The van der Waals surface area contributed by atoms with Crippen LogP contribution in [0.3, 0.4) is 0 Å². The molecule has 1 aliphatic carbocycles. The van der Waals surface area contributed by atoms with E-state index in [1.807, 2.05) is 13.8 Å². The van der Waals surface area contributed by atoms with Crippen LogP contribution in [-0.2, 0) is 0 Å². The minimum Gasteiger partial charge on any atom is -0.328 e. The van der Waals surface area contributed by atoms with Crippen molar-refractivity contribution in [2.45, 2.75) is 51.5 Å². The highest BCUT2D eigenvalue weighted by atomic mass is 15.2. The quantitative estimate of drug-likeness (QED) is 0.755. The second-order valence-corrected chi connectivity index (χ2v) is 4.45. The van der Waals surface area contributed by atoms with Gasteiger partial charge < -0.3 is 5.73 Å². The third-order valence-corrected chi connectivity index (χ3v) is 3.25. The molecular formula is C11H18N4. The van der Waals surface area contributed by atoms with Crippen molar-refractivity contribution in [3.05, 3.63) is 17.2 Å². The van der Waals surface area contributed by atoms with E-state index in [4.69, 9.17) is 5.73 Å². The number of aryl methyl sites for hydroxylation is 2. The maximum atomic E-state index is 5.87. The van der Waals surface area contributed by atoms with Gasteiger partial charge in [0.25, 0.3) is 0 Å². The lowest BCUT2D eigenvalue weighted by atomic mass is 9.86. The van der Waals surface area contributed by atoms with Gasteiger partial charge in [-0.1, -0.05) is 0 Å². The zero-order valence-corrected chi connectivity index (χ0v) is 9.40. The maximum absolute atomic E-state index is 5.87. The fourth-order valence-electron chi connectivity index (χ4n) is 2.02. The summed E-state index contributed by atoms with van der Waals surface area (Å²) in [5.74, 6) is 1.38. The molecule has 2 N–H and O–H groups in total. The number of hydrogen-bond donors (Lipinski definition) is 1. The summed E-state index contributed by atoms with van der Waals surface area (Å²) in [6.07, 6.45) is 4.37. The van der Waals surface area contributed by atoms with Crippen LogP contribution in [0.25, 0.3) is 0 Å². The standard InChI is InChI=1S/C11H18N4/c1-7-8(2)14-15-11(13-7)9-3-5-10(12)6-4-9/h9-10H,3-6,12H2,1-2H3. The summed E-state index contributed by atoms with van der Waals surface area (Å²) in [6, 6.07) is 0.376. The molecule has 1 aliphatic rings. The monoisotopic (exact) mass is 206 g/mol. The van der Waals surface area contributed by atoms with E-state index in [2.05, 4.69) is 15.2 Å². The lowest BCUT2D eigenvalue weighted by molar-refractivity contribution is 0.381. The Morgan fingerprint density at radius 2 is 1.67 bits per heavy atom. The number of aromatic nitrogens is 3. The van der Waals surface area contributed by atoms with Gasteiger partial charge in [-0.25, -0.2) is 4.98 Å². The van der Waals surface area contributed by atoms with Crippen LogP contribution in [-0.4, -0.2) is 21.2 Å². The van der Waals surface area contributed by atoms with Gasteiger partial charge in [0.1, 0.15) is 0 Å². The Balaban J connectivity index is 2.12. The Labute approximate surface area is 90.3 Å². The highest BCUT2D eigenvalue weighted by molar-refractivity contribution is 5.08. The van der Waals surface area contributed by atoms with Crippen molar-refractivity contribution >= 4 is 0 Å². The van der Waals surface area contributed by atoms with Gasteiger partial charge in [0, 0.05) is 12.0 Å². The Morgan fingerprint density at radius 3 is 2.27 bits per heavy atom. The molecule has 4 heteroatoms. The predicted octanol–water partition coefficient (Wildman–Crippen LogP) is 1.47. The molecule has 0 saturated heterocycles. The van der Waals surface area contributed by atoms with E-state index in [0.29, 0.717) is 12.0 Å². The Bertz CT molecular complexity index is 342. The topological polar surface area (TPSA) is 64.7 Å². The van der Waals surface area contributed by atoms with Gasteiger partial charge in [-0.15, -0.1) is 5.10 Å². The summed E-state index contributed by atoms with van der Waals surface area (Å²) in [7, 11) is 0. The molecule has 0 aliphatic heterocycles. The number of nitrogens with two attached hydrogens (primary N) is 1. The molecule has 0 spiro atoms. The third-order valence-electron chi connectivity index (χ3n) is 3.25. The second kappa shape index (κ2) is 4.23. The van der Waals surface area contributed by atoms with E-state index in [1.54, 1.807) is 0 Å². The lowest BCUT2D eigenvalue weighted by Crippen LogP contribution is -2.26. The van der Waals surface area contributed by atoms with Crippen molar-refractivity contribution in [2.24, 2.45) is 5.73 Å². The molecule has 0 radical (unpaired) electrons. The first-order valence-corrected chi connectivity index (χ1v) is 5.60. The molecule has 82 valence electrons. The van der Waals surface area contributed by atoms with Crippen LogP contribution in [0.1, 0.15) is 48.8 Å². The Morgan fingerprint density at radius 1 is 1.00 bits per heavy atom. The van der Waals surface area contributed by atoms with Gasteiger partial charge in [0.2, 0.25) is 0 Å². The van der Waals surface area contributed by atoms with Crippen molar-refractivity contribution in [3.63, 3.8) is 0 Å². The maximum Gasteiger partial charge on any atom is 0.154 e. The van der Waals surface area contributed by atoms with Gasteiger partial charge in [0.15, 0.2) is 5.82 Å². The van der Waals surface area contributed by atoms with Gasteiger partial charge >= 0.3 is 0 Å². The molecule has 1 saturated carbocycles. The van der Waals surface area contributed by atoms with Gasteiger partial charge in [-0.05, 0) is 39.5 Å². The van der Waals surface area contributed by atoms with E-state index in [0.717, 1.165) is 42.9 Å². The Hall–Kier alpha value is -1.03. The highest BCUT2D eigenvalue weighted by Gasteiger charge is 2.22. The molecular weight excluding hydrogens is 188 g/mol. The van der Waals surface area contributed by atoms with Crippen molar-refractivity contribution in [1.29, 1.82) is 0 Å². The molecule has 0 bridgehead atoms. The van der Waals surface area contributed by atoms with E-state index in [9.17, 15) is 0 Å². The molecule has 4 nitrogen and oxygen atoms in total. The fourth-order valence-corrected chi connectivity index (χ4v) is 2.02. The van der Waals surface area contributed by atoms with Crippen LogP contribution in [0.2, 0.25) is 0 Å². The van der Waals surface area contributed by atoms with Crippen molar-refractivity contribution in [1.82, 2.24) is 15.2 Å². The minimum atomic E-state index is 0.376. The average Bonchev–Trinajstić information content (AvgIpc) is 2.23. The first kappa shape index (κ1) is 10.5. The number of rotatable bonds is 1. The molecule has 1 aromatic heterocycles. The first-order chi connectivity index (χ1) is 7.16. The molecule has 0 amide bonds. The molecule has 2 rings (SSSR count). The van der Waals surface area contributed by atoms with Crippen molar-refractivity contribution in [2.75, 3.05) is 0 Å². The molecule has 1 aromatic rings. The summed E-state index contributed by atoms with van der Waals surface area (Å²) in [4.78, 5) is 4.51. The van der Waals surface area contributed by atoms with E-state index in [-0.39, 0.29) is 0 Å². The Kier molecular flexibility index (Phi) is 2.95.